The molecule has 1 aliphatic rings. The van der Waals surface area contributed by atoms with Crippen LogP contribution in [-0.2, 0) is 14.3 Å². The van der Waals surface area contributed by atoms with E-state index in [-0.39, 0.29) is 5.92 Å². The maximum absolute atomic E-state index is 11.5. The minimum absolute atomic E-state index is 0.138. The number of methoxy groups -OCH3 is 1. The predicted molar refractivity (Wildman–Crippen MR) is 49.7 cm³/mol. The normalized spacial score (nSPS) is 32.3. The zero-order valence-corrected chi connectivity index (χ0v) is 8.58. The van der Waals surface area contributed by atoms with E-state index in [0.29, 0.717) is 6.42 Å². The molecule has 0 heterocycles. The number of ether oxygens (including phenoxy) is 1. The van der Waals surface area contributed by atoms with Crippen LogP contribution >= 0.6 is 0 Å². The van der Waals surface area contributed by atoms with Gasteiger partial charge in [0.2, 0.25) is 0 Å². The average molecular weight is 200 g/mol. The second-order valence-corrected chi connectivity index (χ2v) is 3.91. The van der Waals surface area contributed by atoms with Gasteiger partial charge in [-0.2, -0.15) is 0 Å². The van der Waals surface area contributed by atoms with Crippen LogP contribution in [0.1, 0.15) is 32.6 Å². The van der Waals surface area contributed by atoms with Crippen molar-refractivity contribution in [2.45, 2.75) is 32.6 Å². The second-order valence-electron chi connectivity index (χ2n) is 3.91. The lowest BCUT2D eigenvalue weighted by Gasteiger charge is -2.36. The number of carboxylic acids is 1. The van der Waals surface area contributed by atoms with Gasteiger partial charge in [0.15, 0.2) is 5.41 Å². The van der Waals surface area contributed by atoms with Crippen molar-refractivity contribution < 1.29 is 19.4 Å². The zero-order valence-electron chi connectivity index (χ0n) is 8.58. The van der Waals surface area contributed by atoms with Crippen LogP contribution in [0.3, 0.4) is 0 Å². The molecule has 1 saturated carbocycles. The Morgan fingerprint density at radius 1 is 1.43 bits per heavy atom. The highest BCUT2D eigenvalue weighted by Gasteiger charge is 2.52. The van der Waals surface area contributed by atoms with E-state index in [1.807, 2.05) is 6.92 Å². The van der Waals surface area contributed by atoms with Crippen molar-refractivity contribution in [1.29, 1.82) is 0 Å². The maximum Gasteiger partial charge on any atom is 0.323 e. The molecule has 0 radical (unpaired) electrons. The Morgan fingerprint density at radius 3 is 2.50 bits per heavy atom. The van der Waals surface area contributed by atoms with Gasteiger partial charge in [-0.3, -0.25) is 9.59 Å². The van der Waals surface area contributed by atoms with Crippen molar-refractivity contribution in [2.75, 3.05) is 7.11 Å². The molecule has 0 spiro atoms. The monoisotopic (exact) mass is 200 g/mol. The molecular formula is C10H16O4. The quantitative estimate of drug-likeness (QED) is 0.541. The van der Waals surface area contributed by atoms with Crippen LogP contribution < -0.4 is 0 Å². The summed E-state index contributed by atoms with van der Waals surface area (Å²) in [5.74, 6) is -1.78. The van der Waals surface area contributed by atoms with Gasteiger partial charge in [-0.05, 0) is 18.8 Å². The third kappa shape index (κ3) is 1.49. The summed E-state index contributed by atoms with van der Waals surface area (Å²) in [6.45, 7) is 1.81. The van der Waals surface area contributed by atoms with E-state index in [4.69, 9.17) is 5.11 Å². The van der Waals surface area contributed by atoms with Gasteiger partial charge in [-0.1, -0.05) is 19.8 Å². The molecule has 0 unspecified atom stereocenters. The number of esters is 1. The summed E-state index contributed by atoms with van der Waals surface area (Å²) < 4.78 is 4.61. The Hall–Kier alpha value is -1.06. The van der Waals surface area contributed by atoms with E-state index in [0.717, 1.165) is 19.3 Å². The molecule has 0 saturated heterocycles. The van der Waals surface area contributed by atoms with Crippen molar-refractivity contribution >= 4 is 11.9 Å². The Bertz CT molecular complexity index is 249. The molecule has 0 aromatic rings. The van der Waals surface area contributed by atoms with Crippen LogP contribution in [0.2, 0.25) is 0 Å². The molecule has 0 amide bonds. The van der Waals surface area contributed by atoms with Gasteiger partial charge >= 0.3 is 11.9 Å². The first kappa shape index (κ1) is 11.0. The Balaban J connectivity index is 3.01. The largest absolute Gasteiger partial charge is 0.480 e. The third-order valence-corrected chi connectivity index (χ3v) is 3.23. The van der Waals surface area contributed by atoms with Crippen molar-refractivity contribution in [3.05, 3.63) is 0 Å². The van der Waals surface area contributed by atoms with E-state index in [2.05, 4.69) is 4.74 Å². The molecule has 1 aliphatic carbocycles. The molecule has 1 fully saturated rings. The highest BCUT2D eigenvalue weighted by Crippen LogP contribution is 2.42. The van der Waals surface area contributed by atoms with E-state index in [1.54, 1.807) is 0 Å². The van der Waals surface area contributed by atoms with Crippen LogP contribution in [0.4, 0.5) is 0 Å². The summed E-state index contributed by atoms with van der Waals surface area (Å²) in [6, 6.07) is 0. The third-order valence-electron chi connectivity index (χ3n) is 3.23. The van der Waals surface area contributed by atoms with E-state index >= 15 is 0 Å². The molecule has 0 bridgehead atoms. The first-order chi connectivity index (χ1) is 6.55. The fourth-order valence-electron chi connectivity index (χ4n) is 2.24. The topological polar surface area (TPSA) is 63.6 Å². The fourth-order valence-corrected chi connectivity index (χ4v) is 2.24. The van der Waals surface area contributed by atoms with E-state index in [9.17, 15) is 9.59 Å². The molecular weight excluding hydrogens is 184 g/mol. The van der Waals surface area contributed by atoms with Gasteiger partial charge in [-0.15, -0.1) is 0 Å². The van der Waals surface area contributed by atoms with E-state index < -0.39 is 17.4 Å². The number of rotatable bonds is 2. The zero-order chi connectivity index (χ0) is 10.8. The number of hydrogen-bond donors (Lipinski definition) is 1. The minimum Gasteiger partial charge on any atom is -0.480 e. The lowest BCUT2D eigenvalue weighted by molar-refractivity contribution is -0.173. The lowest BCUT2D eigenvalue weighted by atomic mass is 9.67. The molecule has 0 aromatic heterocycles. The molecule has 1 rings (SSSR count). The van der Waals surface area contributed by atoms with Crippen LogP contribution in [0.15, 0.2) is 0 Å². The molecule has 80 valence electrons. The number of carbonyl (C=O) groups is 2. The molecule has 4 nitrogen and oxygen atoms in total. The predicted octanol–water partition coefficient (Wildman–Crippen LogP) is 1.44. The van der Waals surface area contributed by atoms with Crippen LogP contribution in [0, 0.1) is 11.3 Å². The minimum atomic E-state index is -1.30. The van der Waals surface area contributed by atoms with Crippen molar-refractivity contribution in [1.82, 2.24) is 0 Å². The van der Waals surface area contributed by atoms with Gasteiger partial charge in [0.05, 0.1) is 7.11 Å². The maximum atomic E-state index is 11.5. The molecule has 4 heteroatoms. The summed E-state index contributed by atoms with van der Waals surface area (Å²) in [5, 5.41) is 9.16. The highest BCUT2D eigenvalue weighted by atomic mass is 16.5. The summed E-state index contributed by atoms with van der Waals surface area (Å²) >= 11 is 0. The Labute approximate surface area is 83.2 Å². The van der Waals surface area contributed by atoms with Gasteiger partial charge < -0.3 is 9.84 Å². The van der Waals surface area contributed by atoms with Crippen molar-refractivity contribution in [3.8, 4) is 0 Å². The van der Waals surface area contributed by atoms with E-state index in [1.165, 1.54) is 7.11 Å². The van der Waals surface area contributed by atoms with Gasteiger partial charge in [-0.25, -0.2) is 0 Å². The van der Waals surface area contributed by atoms with Crippen LogP contribution in [-0.4, -0.2) is 24.2 Å². The first-order valence-corrected chi connectivity index (χ1v) is 4.87. The Kier molecular flexibility index (Phi) is 3.13. The number of hydrogen-bond acceptors (Lipinski definition) is 3. The number of carboxylic acid groups (broad SMARTS) is 1. The van der Waals surface area contributed by atoms with Crippen molar-refractivity contribution in [3.63, 3.8) is 0 Å². The second kappa shape index (κ2) is 3.98. The molecule has 0 aromatic carbocycles. The van der Waals surface area contributed by atoms with Crippen LogP contribution in [0.5, 0.6) is 0 Å². The SMILES string of the molecule is COC(=O)[C@]1(C(=O)O)CCCC[C@H]1C. The summed E-state index contributed by atoms with van der Waals surface area (Å²) in [5.41, 5.74) is -1.30. The molecule has 14 heavy (non-hydrogen) atoms. The smallest absolute Gasteiger partial charge is 0.323 e. The standard InChI is InChI=1S/C10H16O4/c1-7-5-3-4-6-10(7,8(11)12)9(13)14-2/h7H,3-6H2,1-2H3,(H,11,12)/t7-,10-/m1/s1. The van der Waals surface area contributed by atoms with Crippen molar-refractivity contribution in [2.24, 2.45) is 11.3 Å². The van der Waals surface area contributed by atoms with Gasteiger partial charge in [0.25, 0.3) is 0 Å². The summed E-state index contributed by atoms with van der Waals surface area (Å²) in [7, 11) is 1.24. The highest BCUT2D eigenvalue weighted by molar-refractivity contribution is 5.99. The Morgan fingerprint density at radius 2 is 2.07 bits per heavy atom. The lowest BCUT2D eigenvalue weighted by Crippen LogP contribution is -2.47. The summed E-state index contributed by atoms with van der Waals surface area (Å²) in [4.78, 5) is 22.7. The number of aliphatic carboxylic acids is 1. The van der Waals surface area contributed by atoms with Gasteiger partial charge in [0.1, 0.15) is 0 Å². The molecule has 0 aliphatic heterocycles. The average Bonchev–Trinajstić information content (AvgIpc) is 2.17. The number of carbonyl (C=O) groups excluding carboxylic acids is 1. The molecule has 2 atom stereocenters. The fraction of sp³-hybridized carbons (Fsp3) is 0.800. The molecule has 1 N–H and O–H groups in total. The summed E-state index contributed by atoms with van der Waals surface area (Å²) in [6.07, 6.45) is 2.95. The first-order valence-electron chi connectivity index (χ1n) is 4.87. The van der Waals surface area contributed by atoms with Crippen LogP contribution in [0.25, 0.3) is 0 Å². The van der Waals surface area contributed by atoms with Gasteiger partial charge in [0, 0.05) is 0 Å².